The van der Waals surface area contributed by atoms with Crippen molar-refractivity contribution in [1.82, 2.24) is 9.21 Å². The highest BCUT2D eigenvalue weighted by Crippen LogP contribution is 2.22. The van der Waals surface area contributed by atoms with Crippen molar-refractivity contribution in [2.24, 2.45) is 0 Å². The SMILES string of the molecule is C[C@@H](C(=O)Nc1ccccc1C#N)N1CCN(S(=O)(=O)c2cccs2)CC1. The van der Waals surface area contributed by atoms with Crippen molar-refractivity contribution in [3.8, 4) is 6.07 Å². The van der Waals surface area contributed by atoms with E-state index in [4.69, 9.17) is 5.26 Å². The van der Waals surface area contributed by atoms with Crippen LogP contribution in [0.5, 0.6) is 0 Å². The molecular weight excluding hydrogens is 384 g/mol. The molecule has 1 N–H and O–H groups in total. The number of amides is 1. The first-order chi connectivity index (χ1) is 12.9. The van der Waals surface area contributed by atoms with Crippen molar-refractivity contribution < 1.29 is 13.2 Å². The highest BCUT2D eigenvalue weighted by atomic mass is 32.2. The van der Waals surface area contributed by atoms with Gasteiger partial charge in [-0.25, -0.2) is 8.42 Å². The van der Waals surface area contributed by atoms with Gasteiger partial charge in [-0.3, -0.25) is 9.69 Å². The number of benzene rings is 1. The standard InChI is InChI=1S/C18H20N4O3S2/c1-14(18(23)20-16-6-3-2-5-15(16)13-19)21-8-10-22(11-9-21)27(24,25)17-7-4-12-26-17/h2-7,12,14H,8-11H2,1H3,(H,20,23)/t14-/m0/s1. The third-order valence-electron chi connectivity index (χ3n) is 4.60. The van der Waals surface area contributed by atoms with Crippen molar-refractivity contribution in [2.75, 3.05) is 31.5 Å². The Kier molecular flexibility index (Phi) is 5.92. The van der Waals surface area contributed by atoms with Gasteiger partial charge in [0.1, 0.15) is 10.3 Å². The maximum atomic E-state index is 12.6. The van der Waals surface area contributed by atoms with Crippen molar-refractivity contribution in [1.29, 1.82) is 5.26 Å². The first-order valence-corrected chi connectivity index (χ1v) is 10.8. The monoisotopic (exact) mass is 404 g/mol. The maximum Gasteiger partial charge on any atom is 0.252 e. The average Bonchev–Trinajstić information content (AvgIpc) is 3.23. The second kappa shape index (κ2) is 8.19. The molecule has 1 aromatic carbocycles. The number of rotatable bonds is 5. The van der Waals surface area contributed by atoms with E-state index in [9.17, 15) is 13.2 Å². The number of hydrogen-bond acceptors (Lipinski definition) is 6. The fourth-order valence-electron chi connectivity index (χ4n) is 2.96. The molecule has 2 aromatic rings. The number of carbonyl (C=O) groups is 1. The van der Waals surface area contributed by atoms with Gasteiger partial charge in [0.25, 0.3) is 10.0 Å². The number of sulfonamides is 1. The Hall–Kier alpha value is -2.25. The lowest BCUT2D eigenvalue weighted by Gasteiger charge is -2.36. The molecule has 2 heterocycles. The molecule has 0 saturated carbocycles. The predicted molar refractivity (Wildman–Crippen MR) is 104 cm³/mol. The van der Waals surface area contributed by atoms with E-state index in [0.717, 1.165) is 0 Å². The van der Waals surface area contributed by atoms with Crippen molar-refractivity contribution in [3.63, 3.8) is 0 Å². The van der Waals surface area contributed by atoms with E-state index in [1.165, 1.54) is 15.6 Å². The Morgan fingerprint density at radius 2 is 1.89 bits per heavy atom. The van der Waals surface area contributed by atoms with Crippen LogP contribution in [0.25, 0.3) is 0 Å². The molecule has 0 spiro atoms. The van der Waals surface area contributed by atoms with Crippen LogP contribution in [-0.2, 0) is 14.8 Å². The first kappa shape index (κ1) is 19.5. The Morgan fingerprint density at radius 1 is 1.19 bits per heavy atom. The quantitative estimate of drug-likeness (QED) is 0.822. The first-order valence-electron chi connectivity index (χ1n) is 8.51. The van der Waals surface area contributed by atoms with E-state index < -0.39 is 16.1 Å². The summed E-state index contributed by atoms with van der Waals surface area (Å²) >= 11 is 1.21. The van der Waals surface area contributed by atoms with Gasteiger partial charge in [0.05, 0.1) is 17.3 Å². The normalized spacial score (nSPS) is 17.2. The highest BCUT2D eigenvalue weighted by Gasteiger charge is 2.32. The summed E-state index contributed by atoms with van der Waals surface area (Å²) in [5.74, 6) is -0.215. The fraction of sp³-hybridized carbons (Fsp3) is 0.333. The van der Waals surface area contributed by atoms with Crippen molar-refractivity contribution >= 4 is 33.0 Å². The number of nitrogens with zero attached hydrogens (tertiary/aromatic N) is 3. The molecule has 0 unspecified atom stereocenters. The molecule has 1 fully saturated rings. The summed E-state index contributed by atoms with van der Waals surface area (Å²) in [7, 11) is -3.46. The number of piperazine rings is 1. The molecule has 7 nitrogen and oxygen atoms in total. The van der Waals surface area contributed by atoms with Crippen LogP contribution < -0.4 is 5.32 Å². The Balaban J connectivity index is 1.61. The Bertz CT molecular complexity index is 943. The highest BCUT2D eigenvalue weighted by molar-refractivity contribution is 7.91. The van der Waals surface area contributed by atoms with E-state index in [1.807, 2.05) is 4.90 Å². The number of nitrogens with one attached hydrogen (secondary N) is 1. The lowest BCUT2D eigenvalue weighted by atomic mass is 10.1. The van der Waals surface area contributed by atoms with Gasteiger partial charge in [-0.1, -0.05) is 18.2 Å². The van der Waals surface area contributed by atoms with Crippen LogP contribution in [0.15, 0.2) is 46.0 Å². The van der Waals surface area contributed by atoms with E-state index in [-0.39, 0.29) is 5.91 Å². The van der Waals surface area contributed by atoms with Gasteiger partial charge in [0.15, 0.2) is 0 Å². The molecule has 0 bridgehead atoms. The zero-order chi connectivity index (χ0) is 19.4. The third-order valence-corrected chi connectivity index (χ3v) is 7.87. The lowest BCUT2D eigenvalue weighted by molar-refractivity contribution is -0.121. The van der Waals surface area contributed by atoms with Crippen molar-refractivity contribution in [3.05, 3.63) is 47.3 Å². The second-order valence-electron chi connectivity index (χ2n) is 6.19. The smallest absolute Gasteiger partial charge is 0.252 e. The number of para-hydroxylation sites is 1. The summed E-state index contributed by atoms with van der Waals surface area (Å²) < 4.78 is 27.0. The van der Waals surface area contributed by atoms with Gasteiger partial charge >= 0.3 is 0 Å². The van der Waals surface area contributed by atoms with E-state index in [0.29, 0.717) is 41.6 Å². The molecule has 1 atom stereocenters. The van der Waals surface area contributed by atoms with Crippen LogP contribution in [0.3, 0.4) is 0 Å². The van der Waals surface area contributed by atoms with E-state index in [2.05, 4.69) is 11.4 Å². The number of thiophene rings is 1. The topological polar surface area (TPSA) is 93.5 Å². The van der Waals surface area contributed by atoms with Crippen LogP contribution in [0.1, 0.15) is 12.5 Å². The minimum Gasteiger partial charge on any atom is -0.324 e. The molecule has 1 aromatic heterocycles. The molecule has 1 saturated heterocycles. The largest absolute Gasteiger partial charge is 0.324 e. The van der Waals surface area contributed by atoms with Crippen molar-refractivity contribution in [2.45, 2.75) is 17.2 Å². The van der Waals surface area contributed by atoms with Gasteiger partial charge in [0.2, 0.25) is 5.91 Å². The third kappa shape index (κ3) is 4.20. The molecular formula is C18H20N4O3S2. The van der Waals surface area contributed by atoms with E-state index in [1.54, 1.807) is 48.7 Å². The zero-order valence-corrected chi connectivity index (χ0v) is 16.5. The number of anilines is 1. The molecule has 3 rings (SSSR count). The van der Waals surface area contributed by atoms with E-state index >= 15 is 0 Å². The molecule has 0 radical (unpaired) electrons. The van der Waals surface area contributed by atoms with Crippen LogP contribution in [-0.4, -0.2) is 55.8 Å². The van der Waals surface area contributed by atoms with Crippen LogP contribution in [0, 0.1) is 11.3 Å². The lowest BCUT2D eigenvalue weighted by Crippen LogP contribution is -2.53. The molecule has 27 heavy (non-hydrogen) atoms. The van der Waals surface area contributed by atoms with Crippen LogP contribution in [0.4, 0.5) is 5.69 Å². The molecule has 0 aliphatic carbocycles. The van der Waals surface area contributed by atoms with Gasteiger partial charge in [0, 0.05) is 26.2 Å². The van der Waals surface area contributed by atoms with Gasteiger partial charge < -0.3 is 5.32 Å². The minimum atomic E-state index is -3.46. The summed E-state index contributed by atoms with van der Waals surface area (Å²) in [6.45, 7) is 3.41. The fourth-order valence-corrected chi connectivity index (χ4v) is 5.53. The number of carbonyl (C=O) groups excluding carboxylic acids is 1. The minimum absolute atomic E-state index is 0.215. The predicted octanol–water partition coefficient (Wildman–Crippen LogP) is 1.95. The maximum absolute atomic E-state index is 12.6. The Morgan fingerprint density at radius 3 is 2.52 bits per heavy atom. The summed E-state index contributed by atoms with van der Waals surface area (Å²) in [5.41, 5.74) is 0.890. The summed E-state index contributed by atoms with van der Waals surface area (Å²) in [6, 6.07) is 11.8. The van der Waals surface area contributed by atoms with Gasteiger partial charge in [-0.05, 0) is 30.5 Å². The van der Waals surface area contributed by atoms with Crippen LogP contribution >= 0.6 is 11.3 Å². The van der Waals surface area contributed by atoms with Crippen LogP contribution in [0.2, 0.25) is 0 Å². The molecule has 1 aliphatic rings. The second-order valence-corrected chi connectivity index (χ2v) is 9.31. The average molecular weight is 405 g/mol. The summed E-state index contributed by atoms with van der Waals surface area (Å²) in [6.07, 6.45) is 0. The zero-order valence-electron chi connectivity index (χ0n) is 14.8. The summed E-state index contributed by atoms with van der Waals surface area (Å²) in [5, 5.41) is 13.7. The number of hydrogen-bond donors (Lipinski definition) is 1. The van der Waals surface area contributed by atoms with Gasteiger partial charge in [-0.2, -0.15) is 9.57 Å². The number of nitriles is 1. The van der Waals surface area contributed by atoms with Gasteiger partial charge in [-0.15, -0.1) is 11.3 Å². The summed E-state index contributed by atoms with van der Waals surface area (Å²) in [4.78, 5) is 14.5. The Labute approximate surface area is 162 Å². The molecule has 1 amide bonds. The molecule has 1 aliphatic heterocycles. The molecule has 9 heteroatoms. The molecule has 142 valence electrons.